The smallest absolute Gasteiger partial charge is 0.153 e. The Balaban J connectivity index is 1.44. The lowest BCUT2D eigenvalue weighted by Crippen LogP contribution is -2.53. The van der Waals surface area contributed by atoms with Crippen LogP contribution in [0.3, 0.4) is 0 Å². The predicted molar refractivity (Wildman–Crippen MR) is 92.5 cm³/mol. The number of carbonyl (C=O) groups excluding carboxylic acids is 1. The summed E-state index contributed by atoms with van der Waals surface area (Å²) in [5.74, 6) is 1.31. The average molecular weight is 312 g/mol. The van der Waals surface area contributed by atoms with Crippen LogP contribution in [0.25, 0.3) is 0 Å². The number of nitrogens with one attached hydrogen (secondary N) is 1. The number of nitrogens with zero attached hydrogens (tertiary/aromatic N) is 1. The lowest BCUT2D eigenvalue weighted by Gasteiger charge is -2.42. The molecule has 2 aliphatic heterocycles. The van der Waals surface area contributed by atoms with Gasteiger partial charge in [-0.1, -0.05) is 36.8 Å². The molecule has 3 aliphatic rings. The fourth-order valence-electron chi connectivity index (χ4n) is 4.66. The molecule has 1 aromatic carbocycles. The largest absolute Gasteiger partial charge is 0.317 e. The van der Waals surface area contributed by atoms with Crippen molar-refractivity contribution in [1.29, 1.82) is 0 Å². The van der Waals surface area contributed by atoms with E-state index in [4.69, 9.17) is 0 Å². The van der Waals surface area contributed by atoms with Crippen LogP contribution in [0.2, 0.25) is 0 Å². The molecule has 2 unspecified atom stereocenters. The highest BCUT2D eigenvalue weighted by atomic mass is 16.1. The van der Waals surface area contributed by atoms with Crippen molar-refractivity contribution in [2.45, 2.75) is 56.5 Å². The molecule has 1 aliphatic carbocycles. The van der Waals surface area contributed by atoms with Crippen molar-refractivity contribution in [1.82, 2.24) is 10.2 Å². The summed E-state index contributed by atoms with van der Waals surface area (Å²) < 4.78 is 0. The SMILES string of the molecule is O=C(C1CC1c1ccccc1)[C@H]1CCCCN1C1CCNCC1. The van der Waals surface area contributed by atoms with Gasteiger partial charge in [0.25, 0.3) is 0 Å². The van der Waals surface area contributed by atoms with Gasteiger partial charge in [0.2, 0.25) is 0 Å². The van der Waals surface area contributed by atoms with Crippen molar-refractivity contribution in [2.24, 2.45) is 5.92 Å². The van der Waals surface area contributed by atoms with E-state index in [1.54, 1.807) is 0 Å². The van der Waals surface area contributed by atoms with Crippen molar-refractivity contribution in [3.63, 3.8) is 0 Å². The van der Waals surface area contributed by atoms with E-state index in [2.05, 4.69) is 40.5 Å². The molecule has 3 heteroatoms. The topological polar surface area (TPSA) is 32.3 Å². The Morgan fingerprint density at radius 1 is 1.04 bits per heavy atom. The summed E-state index contributed by atoms with van der Waals surface area (Å²) in [6.45, 7) is 3.35. The van der Waals surface area contributed by atoms with E-state index < -0.39 is 0 Å². The maximum Gasteiger partial charge on any atom is 0.153 e. The zero-order valence-electron chi connectivity index (χ0n) is 13.9. The standard InChI is InChI=1S/C20H28N2O/c23-20(18-14-17(18)15-6-2-1-3-7-15)19-8-4-5-13-22(19)16-9-11-21-12-10-16/h1-3,6-7,16-19,21H,4-5,8-14H2/t17?,18?,19-/m1/s1. The van der Waals surface area contributed by atoms with E-state index >= 15 is 0 Å². The molecule has 1 saturated carbocycles. The maximum absolute atomic E-state index is 13.1. The van der Waals surface area contributed by atoms with E-state index in [9.17, 15) is 4.79 Å². The van der Waals surface area contributed by atoms with Gasteiger partial charge in [-0.2, -0.15) is 0 Å². The number of ketones is 1. The molecule has 2 saturated heterocycles. The molecule has 23 heavy (non-hydrogen) atoms. The maximum atomic E-state index is 13.1. The summed E-state index contributed by atoms with van der Waals surface area (Å²) in [5, 5.41) is 3.45. The van der Waals surface area contributed by atoms with Gasteiger partial charge < -0.3 is 5.32 Å². The van der Waals surface area contributed by atoms with Crippen LogP contribution in [0.5, 0.6) is 0 Å². The molecule has 3 fully saturated rings. The van der Waals surface area contributed by atoms with Crippen LogP contribution in [0.4, 0.5) is 0 Å². The van der Waals surface area contributed by atoms with Gasteiger partial charge in [-0.05, 0) is 63.2 Å². The van der Waals surface area contributed by atoms with E-state index in [-0.39, 0.29) is 12.0 Å². The van der Waals surface area contributed by atoms with Gasteiger partial charge in [0, 0.05) is 12.0 Å². The minimum absolute atomic E-state index is 0.200. The quantitative estimate of drug-likeness (QED) is 0.928. The Hall–Kier alpha value is -1.19. The number of Topliss-reactive ketones (excluding diaryl/α,β-unsaturated/α-hetero) is 1. The van der Waals surface area contributed by atoms with Crippen LogP contribution in [0.15, 0.2) is 30.3 Å². The minimum atomic E-state index is 0.200. The van der Waals surface area contributed by atoms with E-state index in [1.807, 2.05) is 0 Å². The molecule has 3 atom stereocenters. The number of hydrogen-bond donors (Lipinski definition) is 1. The van der Waals surface area contributed by atoms with Crippen LogP contribution >= 0.6 is 0 Å². The molecule has 0 radical (unpaired) electrons. The zero-order chi connectivity index (χ0) is 15.6. The Bertz CT molecular complexity index is 538. The Morgan fingerprint density at radius 3 is 2.61 bits per heavy atom. The molecule has 0 aromatic heterocycles. The Kier molecular flexibility index (Phi) is 4.50. The number of hydrogen-bond acceptors (Lipinski definition) is 3. The second kappa shape index (κ2) is 6.74. The second-order valence-electron chi connectivity index (χ2n) is 7.49. The van der Waals surface area contributed by atoms with Crippen LogP contribution in [-0.4, -0.2) is 42.4 Å². The van der Waals surface area contributed by atoms with Crippen LogP contribution < -0.4 is 5.32 Å². The monoisotopic (exact) mass is 312 g/mol. The summed E-state index contributed by atoms with van der Waals surface area (Å²) in [6.07, 6.45) is 7.05. The minimum Gasteiger partial charge on any atom is -0.317 e. The fraction of sp³-hybridized carbons (Fsp3) is 0.650. The molecule has 2 heterocycles. The van der Waals surface area contributed by atoms with E-state index in [1.165, 1.54) is 31.2 Å². The number of carbonyl (C=O) groups is 1. The molecule has 1 aromatic rings. The highest BCUT2D eigenvalue weighted by Crippen LogP contribution is 2.49. The number of likely N-dealkylation sites (tertiary alicyclic amines) is 1. The third-order valence-corrected chi connectivity index (χ3v) is 6.03. The van der Waals surface area contributed by atoms with E-state index in [0.717, 1.165) is 32.5 Å². The number of rotatable bonds is 4. The lowest BCUT2D eigenvalue weighted by atomic mass is 9.91. The molecular formula is C20H28N2O. The van der Waals surface area contributed by atoms with Crippen molar-refractivity contribution in [3.8, 4) is 0 Å². The Labute approximate surface area is 139 Å². The first-order chi connectivity index (χ1) is 11.3. The van der Waals surface area contributed by atoms with Gasteiger partial charge >= 0.3 is 0 Å². The lowest BCUT2D eigenvalue weighted by molar-refractivity contribution is -0.128. The summed E-state index contributed by atoms with van der Waals surface area (Å²) in [7, 11) is 0. The van der Waals surface area contributed by atoms with Gasteiger partial charge in [-0.3, -0.25) is 9.69 Å². The van der Waals surface area contributed by atoms with Crippen LogP contribution in [0.1, 0.15) is 50.0 Å². The van der Waals surface area contributed by atoms with Crippen molar-refractivity contribution < 1.29 is 4.79 Å². The highest BCUT2D eigenvalue weighted by molar-refractivity contribution is 5.90. The summed E-state index contributed by atoms with van der Waals surface area (Å²) in [5.41, 5.74) is 1.36. The molecular weight excluding hydrogens is 284 g/mol. The van der Waals surface area contributed by atoms with Gasteiger partial charge in [0.15, 0.2) is 5.78 Å². The Morgan fingerprint density at radius 2 is 1.83 bits per heavy atom. The molecule has 0 bridgehead atoms. The molecule has 4 rings (SSSR count). The fourth-order valence-corrected chi connectivity index (χ4v) is 4.66. The third kappa shape index (κ3) is 3.22. The van der Waals surface area contributed by atoms with Gasteiger partial charge in [0.1, 0.15) is 0 Å². The first kappa shape index (κ1) is 15.3. The average Bonchev–Trinajstić information content (AvgIpc) is 3.43. The third-order valence-electron chi connectivity index (χ3n) is 6.03. The van der Waals surface area contributed by atoms with Crippen LogP contribution in [-0.2, 0) is 4.79 Å². The van der Waals surface area contributed by atoms with E-state index in [0.29, 0.717) is 17.7 Å². The first-order valence-corrected chi connectivity index (χ1v) is 9.40. The molecule has 0 spiro atoms. The molecule has 0 amide bonds. The molecule has 124 valence electrons. The summed E-state index contributed by atoms with van der Waals surface area (Å²) >= 11 is 0. The number of piperidine rings is 2. The summed E-state index contributed by atoms with van der Waals surface area (Å²) in [6, 6.07) is 11.4. The zero-order valence-corrected chi connectivity index (χ0v) is 13.9. The number of benzene rings is 1. The predicted octanol–water partition coefficient (Wildman–Crippen LogP) is 2.97. The first-order valence-electron chi connectivity index (χ1n) is 9.40. The highest BCUT2D eigenvalue weighted by Gasteiger charge is 2.48. The van der Waals surface area contributed by atoms with Crippen molar-refractivity contribution in [3.05, 3.63) is 35.9 Å². The second-order valence-corrected chi connectivity index (χ2v) is 7.49. The molecule has 3 nitrogen and oxygen atoms in total. The molecule has 1 N–H and O–H groups in total. The summed E-state index contributed by atoms with van der Waals surface area (Å²) in [4.78, 5) is 15.7. The van der Waals surface area contributed by atoms with Gasteiger partial charge in [0.05, 0.1) is 6.04 Å². The normalized spacial score (nSPS) is 32.6. The van der Waals surface area contributed by atoms with Gasteiger partial charge in [-0.15, -0.1) is 0 Å². The van der Waals surface area contributed by atoms with Crippen LogP contribution in [0, 0.1) is 5.92 Å². The van der Waals surface area contributed by atoms with Crippen molar-refractivity contribution in [2.75, 3.05) is 19.6 Å². The van der Waals surface area contributed by atoms with Crippen molar-refractivity contribution >= 4 is 5.78 Å². The van der Waals surface area contributed by atoms with Gasteiger partial charge in [-0.25, -0.2) is 0 Å².